The van der Waals surface area contributed by atoms with E-state index in [4.69, 9.17) is 9.47 Å². The molecule has 0 saturated heterocycles. The second-order valence-corrected chi connectivity index (χ2v) is 6.87. The van der Waals surface area contributed by atoms with Crippen LogP contribution in [0.1, 0.15) is 43.5 Å². The predicted molar refractivity (Wildman–Crippen MR) is 91.9 cm³/mol. The van der Waals surface area contributed by atoms with E-state index in [1.165, 1.54) is 13.5 Å². The van der Waals surface area contributed by atoms with Crippen LogP contribution in [0, 0.1) is 11.8 Å². The van der Waals surface area contributed by atoms with Gasteiger partial charge in [0.15, 0.2) is 0 Å². The van der Waals surface area contributed by atoms with Crippen molar-refractivity contribution in [3.05, 3.63) is 42.0 Å². The first-order valence-electron chi connectivity index (χ1n) is 8.34. The van der Waals surface area contributed by atoms with Crippen LogP contribution in [0.25, 0.3) is 10.8 Å². The minimum atomic E-state index is -0.308. The summed E-state index contributed by atoms with van der Waals surface area (Å²) in [4.78, 5) is 11.6. The van der Waals surface area contributed by atoms with Crippen molar-refractivity contribution in [2.75, 3.05) is 7.11 Å². The molecule has 0 radical (unpaired) electrons. The lowest BCUT2D eigenvalue weighted by Crippen LogP contribution is -2.28. The molecule has 0 spiro atoms. The van der Waals surface area contributed by atoms with Crippen LogP contribution in [0.3, 0.4) is 0 Å². The fourth-order valence-electron chi connectivity index (χ4n) is 3.70. The van der Waals surface area contributed by atoms with Crippen LogP contribution >= 0.6 is 0 Å². The van der Waals surface area contributed by atoms with E-state index >= 15 is 0 Å². The van der Waals surface area contributed by atoms with E-state index in [0.29, 0.717) is 11.7 Å². The number of carbonyl (C=O) groups excluding carboxylic acids is 1. The molecule has 2 aromatic carbocycles. The van der Waals surface area contributed by atoms with Gasteiger partial charge in [-0.3, -0.25) is 0 Å². The summed E-state index contributed by atoms with van der Waals surface area (Å²) in [5.41, 5.74) is 0.573. The number of rotatable bonds is 3. The highest BCUT2D eigenvalue weighted by Gasteiger charge is 2.25. The molecule has 0 bridgehead atoms. The Morgan fingerprint density at radius 2 is 1.61 bits per heavy atom. The van der Waals surface area contributed by atoms with Gasteiger partial charge in [-0.2, -0.15) is 0 Å². The molecule has 1 aliphatic rings. The Balaban J connectivity index is 1.79. The first-order chi connectivity index (χ1) is 11.0. The smallest absolute Gasteiger partial charge is 0.337 e. The molecule has 0 aromatic heterocycles. The third-order valence-electron chi connectivity index (χ3n) is 4.67. The van der Waals surface area contributed by atoms with Gasteiger partial charge in [-0.1, -0.05) is 26.0 Å². The van der Waals surface area contributed by atoms with Gasteiger partial charge in [0, 0.05) is 0 Å². The second-order valence-electron chi connectivity index (χ2n) is 6.87. The van der Waals surface area contributed by atoms with Gasteiger partial charge >= 0.3 is 5.97 Å². The van der Waals surface area contributed by atoms with E-state index in [0.717, 1.165) is 41.2 Å². The Labute approximate surface area is 137 Å². The molecule has 1 saturated carbocycles. The van der Waals surface area contributed by atoms with Crippen LogP contribution in [-0.4, -0.2) is 19.2 Å². The molecular formula is C20H24O3. The summed E-state index contributed by atoms with van der Waals surface area (Å²) < 4.78 is 11.0. The summed E-state index contributed by atoms with van der Waals surface area (Å²) >= 11 is 0. The fraction of sp³-hybridized carbons (Fsp3) is 0.450. The SMILES string of the molecule is COC(=O)c1ccc2cc(O[C@H]3C[C@H](C)C[C@H](C)C3)ccc2c1. The summed E-state index contributed by atoms with van der Waals surface area (Å²) in [7, 11) is 1.40. The maximum Gasteiger partial charge on any atom is 0.337 e. The van der Waals surface area contributed by atoms with Gasteiger partial charge in [0.25, 0.3) is 0 Å². The van der Waals surface area contributed by atoms with Crippen molar-refractivity contribution in [1.82, 2.24) is 0 Å². The molecule has 2 aromatic rings. The van der Waals surface area contributed by atoms with E-state index in [-0.39, 0.29) is 5.97 Å². The molecule has 122 valence electrons. The Kier molecular flexibility index (Phi) is 4.56. The van der Waals surface area contributed by atoms with Gasteiger partial charge in [-0.05, 0) is 66.1 Å². The summed E-state index contributed by atoms with van der Waals surface area (Å²) in [6, 6.07) is 11.7. The van der Waals surface area contributed by atoms with Crippen LogP contribution < -0.4 is 4.74 Å². The monoisotopic (exact) mass is 312 g/mol. The van der Waals surface area contributed by atoms with Crippen molar-refractivity contribution in [2.24, 2.45) is 11.8 Å². The highest BCUT2D eigenvalue weighted by Crippen LogP contribution is 2.32. The largest absolute Gasteiger partial charge is 0.490 e. The van der Waals surface area contributed by atoms with Crippen molar-refractivity contribution < 1.29 is 14.3 Å². The third-order valence-corrected chi connectivity index (χ3v) is 4.67. The maximum atomic E-state index is 11.6. The van der Waals surface area contributed by atoms with E-state index in [1.807, 2.05) is 24.3 Å². The average Bonchev–Trinajstić information content (AvgIpc) is 2.52. The fourth-order valence-corrected chi connectivity index (χ4v) is 3.70. The Hall–Kier alpha value is -2.03. The summed E-state index contributed by atoms with van der Waals surface area (Å²) in [5, 5.41) is 2.10. The van der Waals surface area contributed by atoms with Crippen LogP contribution in [0.4, 0.5) is 0 Å². The van der Waals surface area contributed by atoms with Crippen molar-refractivity contribution in [2.45, 2.75) is 39.2 Å². The van der Waals surface area contributed by atoms with Gasteiger partial charge in [0.05, 0.1) is 18.8 Å². The number of fused-ring (bicyclic) bond motifs is 1. The topological polar surface area (TPSA) is 35.5 Å². The molecule has 3 atom stereocenters. The Morgan fingerprint density at radius 1 is 0.957 bits per heavy atom. The lowest BCUT2D eigenvalue weighted by atomic mass is 9.82. The molecule has 1 aliphatic carbocycles. The lowest BCUT2D eigenvalue weighted by Gasteiger charge is -2.31. The van der Waals surface area contributed by atoms with Gasteiger partial charge in [0.1, 0.15) is 5.75 Å². The minimum Gasteiger partial charge on any atom is -0.490 e. The first kappa shape index (κ1) is 15.9. The predicted octanol–water partition coefficient (Wildman–Crippen LogP) is 4.83. The number of benzene rings is 2. The van der Waals surface area contributed by atoms with E-state index < -0.39 is 0 Å². The molecule has 3 rings (SSSR count). The number of hydrogen-bond donors (Lipinski definition) is 0. The van der Waals surface area contributed by atoms with E-state index in [2.05, 4.69) is 19.9 Å². The third kappa shape index (κ3) is 3.66. The zero-order chi connectivity index (χ0) is 16.4. The second kappa shape index (κ2) is 6.61. The van der Waals surface area contributed by atoms with Crippen molar-refractivity contribution in [3.8, 4) is 5.75 Å². The summed E-state index contributed by atoms with van der Waals surface area (Å²) in [6.07, 6.45) is 3.86. The zero-order valence-electron chi connectivity index (χ0n) is 14.0. The molecule has 0 aliphatic heterocycles. The van der Waals surface area contributed by atoms with Crippen molar-refractivity contribution in [3.63, 3.8) is 0 Å². The standard InChI is InChI=1S/C20H24O3/c1-13-8-14(2)10-19(9-13)23-18-7-6-15-11-17(20(21)22-3)5-4-16(15)12-18/h4-7,11-14,19H,8-10H2,1-3H3/t13-,14+,19+. The molecule has 23 heavy (non-hydrogen) atoms. The number of methoxy groups -OCH3 is 1. The lowest BCUT2D eigenvalue weighted by molar-refractivity contribution is 0.0601. The van der Waals surface area contributed by atoms with Gasteiger partial charge in [-0.15, -0.1) is 0 Å². The number of hydrogen-bond acceptors (Lipinski definition) is 3. The molecule has 3 nitrogen and oxygen atoms in total. The van der Waals surface area contributed by atoms with Crippen LogP contribution in [-0.2, 0) is 4.74 Å². The number of ether oxygens (including phenoxy) is 2. The van der Waals surface area contributed by atoms with Crippen molar-refractivity contribution >= 4 is 16.7 Å². The van der Waals surface area contributed by atoms with Gasteiger partial charge < -0.3 is 9.47 Å². The number of carbonyl (C=O) groups is 1. The number of esters is 1. The summed E-state index contributed by atoms with van der Waals surface area (Å²) in [6.45, 7) is 4.61. The summed E-state index contributed by atoms with van der Waals surface area (Å²) in [5.74, 6) is 2.06. The molecule has 0 unspecified atom stereocenters. The molecule has 0 heterocycles. The van der Waals surface area contributed by atoms with E-state index in [9.17, 15) is 4.79 Å². The highest BCUT2D eigenvalue weighted by molar-refractivity contribution is 5.95. The molecule has 3 heteroatoms. The van der Waals surface area contributed by atoms with Crippen LogP contribution in [0.15, 0.2) is 36.4 Å². The van der Waals surface area contributed by atoms with Crippen molar-refractivity contribution in [1.29, 1.82) is 0 Å². The Bertz CT molecular complexity index is 697. The minimum absolute atomic E-state index is 0.306. The van der Waals surface area contributed by atoms with Crippen LogP contribution in [0.2, 0.25) is 0 Å². The molecule has 1 fully saturated rings. The van der Waals surface area contributed by atoms with Crippen LogP contribution in [0.5, 0.6) is 5.75 Å². The normalized spacial score (nSPS) is 24.4. The average molecular weight is 312 g/mol. The molecule has 0 N–H and O–H groups in total. The molecular weight excluding hydrogens is 288 g/mol. The Morgan fingerprint density at radius 3 is 2.30 bits per heavy atom. The first-order valence-corrected chi connectivity index (χ1v) is 8.34. The van der Waals surface area contributed by atoms with E-state index in [1.54, 1.807) is 6.07 Å². The maximum absolute atomic E-state index is 11.6. The quantitative estimate of drug-likeness (QED) is 0.761. The molecule has 0 amide bonds. The zero-order valence-corrected chi connectivity index (χ0v) is 14.0. The van der Waals surface area contributed by atoms with Gasteiger partial charge in [0.2, 0.25) is 0 Å². The van der Waals surface area contributed by atoms with Gasteiger partial charge in [-0.25, -0.2) is 4.79 Å². The highest BCUT2D eigenvalue weighted by atomic mass is 16.5.